The molecule has 1 aromatic heterocycles. The summed E-state index contributed by atoms with van der Waals surface area (Å²) in [6.45, 7) is 1.64. The second kappa shape index (κ2) is 8.60. The Morgan fingerprint density at radius 2 is 1.46 bits per heavy atom. The Morgan fingerprint density at radius 1 is 0.886 bits per heavy atom. The standard InChI is InChI=1S/C20H9Cl2F9N4/c1-9-4-10(2-3-11(9)7-32)15-8-35(34-33-15)16-13(21)5-12(6-14(16)22)17(23,19(26,27)28)18(24,25)20(29,30)31/h2-6,8H,1H3. The monoisotopic (exact) mass is 546 g/mol. The molecule has 0 fully saturated rings. The van der Waals surface area contributed by atoms with Crippen LogP contribution in [0.4, 0.5) is 39.5 Å². The van der Waals surface area contributed by atoms with Gasteiger partial charge in [-0.05, 0) is 36.8 Å². The molecule has 0 amide bonds. The molecule has 35 heavy (non-hydrogen) atoms. The van der Waals surface area contributed by atoms with Crippen LogP contribution in [-0.2, 0) is 5.67 Å². The van der Waals surface area contributed by atoms with Crippen molar-refractivity contribution < 1.29 is 39.5 Å². The molecule has 0 N–H and O–H groups in total. The van der Waals surface area contributed by atoms with Gasteiger partial charge in [0.2, 0.25) is 0 Å². The second-order valence-electron chi connectivity index (χ2n) is 7.21. The maximum absolute atomic E-state index is 14.8. The molecule has 2 aromatic carbocycles. The van der Waals surface area contributed by atoms with Crippen LogP contribution in [0.2, 0.25) is 10.0 Å². The Morgan fingerprint density at radius 3 is 1.91 bits per heavy atom. The van der Waals surface area contributed by atoms with Gasteiger partial charge in [0.05, 0.1) is 27.9 Å². The van der Waals surface area contributed by atoms with Crippen molar-refractivity contribution >= 4 is 23.2 Å². The molecule has 0 aliphatic heterocycles. The molecular formula is C20H9Cl2F9N4. The molecular weight excluding hydrogens is 538 g/mol. The van der Waals surface area contributed by atoms with Crippen molar-refractivity contribution in [2.24, 2.45) is 0 Å². The molecule has 3 aromatic rings. The van der Waals surface area contributed by atoms with Crippen LogP contribution in [0.1, 0.15) is 16.7 Å². The van der Waals surface area contributed by atoms with E-state index in [1.165, 1.54) is 18.3 Å². The van der Waals surface area contributed by atoms with Crippen LogP contribution in [0.15, 0.2) is 36.5 Å². The summed E-state index contributed by atoms with van der Waals surface area (Å²) in [7, 11) is 0. The first-order chi connectivity index (χ1) is 16.0. The molecule has 15 heteroatoms. The summed E-state index contributed by atoms with van der Waals surface area (Å²) in [4.78, 5) is 0. The Kier molecular flexibility index (Phi) is 6.54. The average molecular weight is 547 g/mol. The highest BCUT2D eigenvalue weighted by molar-refractivity contribution is 6.37. The van der Waals surface area contributed by atoms with Crippen LogP contribution < -0.4 is 0 Å². The highest BCUT2D eigenvalue weighted by Gasteiger charge is 2.81. The number of aryl methyl sites for hydroxylation is 1. The van der Waals surface area contributed by atoms with Crippen molar-refractivity contribution in [1.82, 2.24) is 15.0 Å². The van der Waals surface area contributed by atoms with E-state index in [2.05, 4.69) is 10.3 Å². The maximum Gasteiger partial charge on any atom is 0.457 e. The van der Waals surface area contributed by atoms with E-state index in [0.29, 0.717) is 16.7 Å². The highest BCUT2D eigenvalue weighted by atomic mass is 35.5. The molecule has 4 nitrogen and oxygen atoms in total. The topological polar surface area (TPSA) is 54.5 Å². The smallest absolute Gasteiger partial charge is 0.221 e. The minimum absolute atomic E-state index is 0.0386. The van der Waals surface area contributed by atoms with Gasteiger partial charge < -0.3 is 0 Å². The molecule has 0 aliphatic rings. The van der Waals surface area contributed by atoms with Gasteiger partial charge in [-0.25, -0.2) is 9.07 Å². The summed E-state index contributed by atoms with van der Waals surface area (Å²) in [5.41, 5.74) is -7.25. The molecule has 186 valence electrons. The minimum atomic E-state index is -6.89. The van der Waals surface area contributed by atoms with Crippen LogP contribution in [0.25, 0.3) is 16.9 Å². The number of hydrogen-bond acceptors (Lipinski definition) is 3. The molecule has 1 atom stereocenters. The van der Waals surface area contributed by atoms with Gasteiger partial charge in [0.25, 0.3) is 0 Å². The molecule has 0 bridgehead atoms. The predicted molar refractivity (Wildman–Crippen MR) is 106 cm³/mol. The summed E-state index contributed by atoms with van der Waals surface area (Å²) in [6.07, 6.45) is -12.4. The van der Waals surface area contributed by atoms with Gasteiger partial charge in [-0.1, -0.05) is 34.5 Å². The molecule has 1 unspecified atom stereocenters. The quantitative estimate of drug-likeness (QED) is 0.321. The lowest BCUT2D eigenvalue weighted by Crippen LogP contribution is -2.59. The first kappa shape index (κ1) is 26.6. The van der Waals surface area contributed by atoms with E-state index in [-0.39, 0.29) is 17.8 Å². The second-order valence-corrected chi connectivity index (χ2v) is 8.02. The summed E-state index contributed by atoms with van der Waals surface area (Å²) in [5, 5.41) is 14.7. The SMILES string of the molecule is Cc1cc(-c2cn(-c3c(Cl)cc(C(F)(C(F)(F)F)C(F)(F)C(F)(F)F)cc3Cl)nn2)ccc1C#N. The fourth-order valence-corrected chi connectivity index (χ4v) is 3.82. The zero-order valence-corrected chi connectivity index (χ0v) is 18.4. The van der Waals surface area contributed by atoms with Crippen molar-refractivity contribution in [3.63, 3.8) is 0 Å². The Bertz CT molecular complexity index is 1300. The van der Waals surface area contributed by atoms with Gasteiger partial charge in [-0.2, -0.15) is 40.4 Å². The third kappa shape index (κ3) is 4.29. The molecule has 0 saturated carbocycles. The number of aromatic nitrogens is 3. The first-order valence-corrected chi connectivity index (χ1v) is 9.85. The molecule has 0 saturated heterocycles. The predicted octanol–water partition coefficient (Wildman–Crippen LogP) is 7.35. The lowest BCUT2D eigenvalue weighted by Gasteiger charge is -2.36. The van der Waals surface area contributed by atoms with E-state index in [4.69, 9.17) is 28.5 Å². The van der Waals surface area contributed by atoms with Gasteiger partial charge in [0.15, 0.2) is 0 Å². The zero-order chi connectivity index (χ0) is 26.6. The van der Waals surface area contributed by atoms with Gasteiger partial charge in [0, 0.05) is 11.1 Å². The Labute approximate surface area is 200 Å². The van der Waals surface area contributed by atoms with Crippen molar-refractivity contribution in [2.45, 2.75) is 30.9 Å². The van der Waals surface area contributed by atoms with Crippen molar-refractivity contribution in [3.05, 3.63) is 63.3 Å². The van der Waals surface area contributed by atoms with Crippen LogP contribution >= 0.6 is 23.2 Å². The lowest BCUT2D eigenvalue weighted by atomic mass is 9.87. The van der Waals surface area contributed by atoms with Gasteiger partial charge in [-0.3, -0.25) is 0 Å². The van der Waals surface area contributed by atoms with Crippen LogP contribution in [0.5, 0.6) is 0 Å². The van der Waals surface area contributed by atoms with Gasteiger partial charge in [0.1, 0.15) is 11.4 Å². The lowest BCUT2D eigenvalue weighted by molar-refractivity contribution is -0.389. The average Bonchev–Trinajstić information content (AvgIpc) is 3.20. The molecule has 1 heterocycles. The number of nitrogens with zero attached hydrogens (tertiary/aromatic N) is 4. The third-order valence-electron chi connectivity index (χ3n) is 4.96. The van der Waals surface area contributed by atoms with Crippen LogP contribution in [0.3, 0.4) is 0 Å². The normalized spacial score (nSPS) is 14.5. The number of benzene rings is 2. The van der Waals surface area contributed by atoms with E-state index in [9.17, 15) is 39.5 Å². The molecule has 0 radical (unpaired) electrons. The zero-order valence-electron chi connectivity index (χ0n) is 16.9. The molecule has 0 aliphatic carbocycles. The molecule has 3 rings (SSSR count). The maximum atomic E-state index is 14.8. The number of halogens is 11. The summed E-state index contributed by atoms with van der Waals surface area (Å²) < 4.78 is 121. The largest absolute Gasteiger partial charge is 0.457 e. The Balaban J connectivity index is 2.13. The third-order valence-corrected chi connectivity index (χ3v) is 5.54. The van der Waals surface area contributed by atoms with E-state index in [1.54, 1.807) is 13.0 Å². The van der Waals surface area contributed by atoms with Crippen LogP contribution in [-0.4, -0.2) is 33.3 Å². The Hall–Kier alpha value is -2.98. The summed E-state index contributed by atoms with van der Waals surface area (Å²) in [6, 6.07) is 6.44. The van der Waals surface area contributed by atoms with E-state index >= 15 is 0 Å². The van der Waals surface area contributed by atoms with Crippen LogP contribution in [0, 0.1) is 18.3 Å². The van der Waals surface area contributed by atoms with Crippen molar-refractivity contribution in [1.29, 1.82) is 5.26 Å². The first-order valence-electron chi connectivity index (χ1n) is 9.09. The fourth-order valence-electron chi connectivity index (χ4n) is 3.16. The number of nitriles is 1. The number of alkyl halides is 9. The molecule has 0 spiro atoms. The van der Waals surface area contributed by atoms with E-state index in [0.717, 1.165) is 4.68 Å². The van der Waals surface area contributed by atoms with Gasteiger partial charge >= 0.3 is 23.9 Å². The minimum Gasteiger partial charge on any atom is -0.221 e. The van der Waals surface area contributed by atoms with E-state index in [1.807, 2.05) is 6.07 Å². The summed E-state index contributed by atoms with van der Waals surface area (Å²) >= 11 is 11.7. The summed E-state index contributed by atoms with van der Waals surface area (Å²) in [5.74, 6) is -6.87. The fraction of sp³-hybridized carbons (Fsp3) is 0.250. The number of hydrogen-bond donors (Lipinski definition) is 0. The highest BCUT2D eigenvalue weighted by Crippen LogP contribution is 2.59. The van der Waals surface area contributed by atoms with E-state index < -0.39 is 45.2 Å². The van der Waals surface area contributed by atoms with Gasteiger partial charge in [-0.15, -0.1) is 5.10 Å². The number of rotatable bonds is 4. The van der Waals surface area contributed by atoms with Crippen molar-refractivity contribution in [2.75, 3.05) is 0 Å². The van der Waals surface area contributed by atoms with Crippen molar-refractivity contribution in [3.8, 4) is 23.0 Å².